The summed E-state index contributed by atoms with van der Waals surface area (Å²) in [7, 11) is 0. The molecule has 0 radical (unpaired) electrons. The van der Waals surface area contributed by atoms with Gasteiger partial charge in [0, 0.05) is 26.2 Å². The Balaban J connectivity index is 1.40. The highest BCUT2D eigenvalue weighted by Crippen LogP contribution is 2.19. The quantitative estimate of drug-likeness (QED) is 0.615. The van der Waals surface area contributed by atoms with Gasteiger partial charge in [0.25, 0.3) is 5.91 Å². The van der Waals surface area contributed by atoms with Crippen molar-refractivity contribution in [3.05, 3.63) is 83.2 Å². The molecule has 0 atom stereocenters. The SMILES string of the molecule is CCc1c(C(=O)N2CCN(C(=O)Cc3ccc(F)cc3)CC2)cnn1-c1ccc(F)cc1. The van der Waals surface area contributed by atoms with Gasteiger partial charge in [0.05, 0.1) is 29.6 Å². The van der Waals surface area contributed by atoms with Crippen LogP contribution in [0.5, 0.6) is 0 Å². The molecule has 166 valence electrons. The average Bonchev–Trinajstić information content (AvgIpc) is 3.24. The largest absolute Gasteiger partial charge is 0.339 e. The van der Waals surface area contributed by atoms with Crippen molar-refractivity contribution in [1.29, 1.82) is 0 Å². The molecule has 0 saturated carbocycles. The van der Waals surface area contributed by atoms with Crippen molar-refractivity contribution in [2.24, 2.45) is 0 Å². The fourth-order valence-corrected chi connectivity index (χ4v) is 3.92. The van der Waals surface area contributed by atoms with Crippen LogP contribution in [0.2, 0.25) is 0 Å². The van der Waals surface area contributed by atoms with Gasteiger partial charge >= 0.3 is 0 Å². The summed E-state index contributed by atoms with van der Waals surface area (Å²) in [4.78, 5) is 29.2. The van der Waals surface area contributed by atoms with Crippen molar-refractivity contribution >= 4 is 11.8 Å². The first-order valence-corrected chi connectivity index (χ1v) is 10.6. The van der Waals surface area contributed by atoms with Crippen LogP contribution in [0.25, 0.3) is 5.69 Å². The highest BCUT2D eigenvalue weighted by molar-refractivity contribution is 5.95. The molecule has 0 bridgehead atoms. The molecule has 0 N–H and O–H groups in total. The average molecular weight is 438 g/mol. The third-order valence-corrected chi connectivity index (χ3v) is 5.69. The van der Waals surface area contributed by atoms with Gasteiger partial charge in [0.15, 0.2) is 0 Å². The van der Waals surface area contributed by atoms with E-state index in [4.69, 9.17) is 0 Å². The lowest BCUT2D eigenvalue weighted by molar-refractivity contribution is -0.131. The van der Waals surface area contributed by atoms with Crippen molar-refractivity contribution in [2.75, 3.05) is 26.2 Å². The Labute approximate surface area is 185 Å². The van der Waals surface area contributed by atoms with E-state index in [1.54, 1.807) is 44.9 Å². The number of benzene rings is 2. The molecule has 0 aliphatic carbocycles. The van der Waals surface area contributed by atoms with E-state index in [-0.39, 0.29) is 29.9 Å². The van der Waals surface area contributed by atoms with Crippen LogP contribution in [0.1, 0.15) is 28.5 Å². The minimum absolute atomic E-state index is 0.0397. The Kier molecular flexibility index (Phi) is 6.30. The van der Waals surface area contributed by atoms with E-state index in [0.29, 0.717) is 43.9 Å². The number of aromatic nitrogens is 2. The minimum Gasteiger partial charge on any atom is -0.339 e. The molecule has 1 aliphatic heterocycles. The molecule has 2 heterocycles. The molecule has 0 spiro atoms. The summed E-state index contributed by atoms with van der Waals surface area (Å²) in [5.41, 5.74) is 2.73. The van der Waals surface area contributed by atoms with Crippen molar-refractivity contribution in [3.63, 3.8) is 0 Å². The van der Waals surface area contributed by atoms with Crippen LogP contribution in [0.15, 0.2) is 54.7 Å². The second-order valence-electron chi connectivity index (χ2n) is 7.72. The van der Waals surface area contributed by atoms with Gasteiger partial charge in [0.1, 0.15) is 11.6 Å². The first-order chi connectivity index (χ1) is 15.5. The zero-order valence-electron chi connectivity index (χ0n) is 17.8. The molecule has 4 rings (SSSR count). The zero-order chi connectivity index (χ0) is 22.7. The van der Waals surface area contributed by atoms with Gasteiger partial charge in [-0.05, 0) is 48.4 Å². The second kappa shape index (κ2) is 9.30. The predicted molar refractivity (Wildman–Crippen MR) is 115 cm³/mol. The molecule has 1 fully saturated rings. The lowest BCUT2D eigenvalue weighted by atomic mass is 10.1. The van der Waals surface area contributed by atoms with Crippen LogP contribution in [0.3, 0.4) is 0 Å². The highest BCUT2D eigenvalue weighted by Gasteiger charge is 2.27. The summed E-state index contributed by atoms with van der Waals surface area (Å²) in [6, 6.07) is 11.9. The van der Waals surface area contributed by atoms with E-state index < -0.39 is 0 Å². The van der Waals surface area contributed by atoms with Crippen molar-refractivity contribution in [3.8, 4) is 5.69 Å². The number of halogens is 2. The Hall–Kier alpha value is -3.55. The van der Waals surface area contributed by atoms with Crippen molar-refractivity contribution < 1.29 is 18.4 Å². The molecule has 3 aromatic rings. The van der Waals surface area contributed by atoms with Gasteiger partial charge in [-0.2, -0.15) is 5.10 Å². The standard InChI is InChI=1S/C24H24F2N4O2/c1-2-22-21(16-27-30(22)20-9-7-19(26)8-10-20)24(32)29-13-11-28(12-14-29)23(31)15-17-3-5-18(25)6-4-17/h3-10,16H,2,11-15H2,1H3. The lowest BCUT2D eigenvalue weighted by Gasteiger charge is -2.35. The van der Waals surface area contributed by atoms with Gasteiger partial charge in [-0.1, -0.05) is 19.1 Å². The summed E-state index contributed by atoms with van der Waals surface area (Å²) in [6.07, 6.45) is 2.35. The number of hydrogen-bond donors (Lipinski definition) is 0. The van der Waals surface area contributed by atoms with Crippen molar-refractivity contribution in [2.45, 2.75) is 19.8 Å². The number of piperazine rings is 1. The van der Waals surface area contributed by atoms with Gasteiger partial charge in [-0.25, -0.2) is 13.5 Å². The van der Waals surface area contributed by atoms with Crippen molar-refractivity contribution in [1.82, 2.24) is 19.6 Å². The minimum atomic E-state index is -0.331. The smallest absolute Gasteiger partial charge is 0.257 e. The van der Waals surface area contributed by atoms with E-state index in [1.165, 1.54) is 24.3 Å². The van der Waals surface area contributed by atoms with Crippen LogP contribution < -0.4 is 0 Å². The first-order valence-electron chi connectivity index (χ1n) is 10.6. The molecule has 1 aliphatic rings. The number of carbonyl (C=O) groups is 2. The number of hydrogen-bond acceptors (Lipinski definition) is 3. The van der Waals surface area contributed by atoms with E-state index in [9.17, 15) is 18.4 Å². The van der Waals surface area contributed by atoms with E-state index >= 15 is 0 Å². The molecule has 32 heavy (non-hydrogen) atoms. The van der Waals surface area contributed by atoms with Gasteiger partial charge in [0.2, 0.25) is 5.91 Å². The summed E-state index contributed by atoms with van der Waals surface area (Å²) >= 11 is 0. The molecule has 0 unspecified atom stereocenters. The zero-order valence-corrected chi connectivity index (χ0v) is 17.8. The number of carbonyl (C=O) groups excluding carboxylic acids is 2. The fourth-order valence-electron chi connectivity index (χ4n) is 3.92. The first kappa shape index (κ1) is 21.7. The summed E-state index contributed by atoms with van der Waals surface area (Å²) in [5.74, 6) is -0.826. The number of nitrogens with zero attached hydrogens (tertiary/aromatic N) is 4. The summed E-state index contributed by atoms with van der Waals surface area (Å²) < 4.78 is 28.0. The fraction of sp³-hybridized carbons (Fsp3) is 0.292. The Morgan fingerprint density at radius 1 is 0.875 bits per heavy atom. The van der Waals surface area contributed by atoms with Gasteiger partial charge in [-0.3, -0.25) is 9.59 Å². The third kappa shape index (κ3) is 4.54. The number of amides is 2. The molecule has 8 heteroatoms. The predicted octanol–water partition coefficient (Wildman–Crippen LogP) is 3.24. The molecule has 1 saturated heterocycles. The maximum atomic E-state index is 13.3. The Bertz CT molecular complexity index is 1100. The van der Waals surface area contributed by atoms with Crippen LogP contribution in [0.4, 0.5) is 8.78 Å². The molecular formula is C24H24F2N4O2. The molecule has 2 amide bonds. The van der Waals surface area contributed by atoms with Gasteiger partial charge < -0.3 is 9.80 Å². The van der Waals surface area contributed by atoms with E-state index in [0.717, 1.165) is 11.3 Å². The number of rotatable bonds is 5. The Morgan fingerprint density at radius 3 is 2.03 bits per heavy atom. The third-order valence-electron chi connectivity index (χ3n) is 5.69. The lowest BCUT2D eigenvalue weighted by Crippen LogP contribution is -2.51. The van der Waals surface area contributed by atoms with E-state index in [1.807, 2.05) is 6.92 Å². The molecule has 6 nitrogen and oxygen atoms in total. The summed E-state index contributed by atoms with van der Waals surface area (Å²) in [6.45, 7) is 3.69. The van der Waals surface area contributed by atoms with Crippen LogP contribution in [-0.2, 0) is 17.6 Å². The maximum absolute atomic E-state index is 13.3. The Morgan fingerprint density at radius 2 is 1.44 bits per heavy atom. The normalized spacial score (nSPS) is 14.0. The van der Waals surface area contributed by atoms with Crippen LogP contribution in [0, 0.1) is 11.6 Å². The van der Waals surface area contributed by atoms with E-state index in [2.05, 4.69) is 5.10 Å². The van der Waals surface area contributed by atoms with Crippen LogP contribution >= 0.6 is 0 Å². The highest BCUT2D eigenvalue weighted by atomic mass is 19.1. The monoisotopic (exact) mass is 438 g/mol. The summed E-state index contributed by atoms with van der Waals surface area (Å²) in [5, 5.41) is 4.35. The second-order valence-corrected chi connectivity index (χ2v) is 7.72. The molecular weight excluding hydrogens is 414 g/mol. The molecule has 1 aromatic heterocycles. The van der Waals surface area contributed by atoms with Gasteiger partial charge in [-0.15, -0.1) is 0 Å². The topological polar surface area (TPSA) is 58.4 Å². The van der Waals surface area contributed by atoms with Crippen LogP contribution in [-0.4, -0.2) is 57.6 Å². The maximum Gasteiger partial charge on any atom is 0.257 e. The molecule has 2 aromatic carbocycles.